The second kappa shape index (κ2) is 7.75. The van der Waals surface area contributed by atoms with E-state index in [4.69, 9.17) is 23.2 Å². The molecule has 0 bridgehead atoms. The van der Waals surface area contributed by atoms with Gasteiger partial charge in [0.2, 0.25) is 0 Å². The Morgan fingerprint density at radius 3 is 2.88 bits per heavy atom. The fourth-order valence-corrected chi connectivity index (χ4v) is 2.18. The maximum absolute atomic E-state index is 6.01. The van der Waals surface area contributed by atoms with Crippen LogP contribution in [0, 0.1) is 5.92 Å². The molecule has 0 saturated heterocycles. The van der Waals surface area contributed by atoms with Gasteiger partial charge < -0.3 is 5.32 Å². The molecule has 0 spiro atoms. The van der Waals surface area contributed by atoms with Crippen LogP contribution in [0.2, 0.25) is 5.02 Å². The third kappa shape index (κ3) is 4.58. The number of nitrogens with zero attached hydrogens (tertiary/aromatic N) is 1. The first-order chi connectivity index (χ1) is 7.77. The summed E-state index contributed by atoms with van der Waals surface area (Å²) in [7, 11) is 0. The van der Waals surface area contributed by atoms with Crippen molar-refractivity contribution in [2.75, 3.05) is 17.7 Å². The lowest BCUT2D eigenvalue weighted by atomic mass is 10.0. The molecule has 1 N–H and O–H groups in total. The zero-order valence-electron chi connectivity index (χ0n) is 9.55. The molecule has 0 aliphatic rings. The summed E-state index contributed by atoms with van der Waals surface area (Å²) in [5.41, 5.74) is 0.951. The van der Waals surface area contributed by atoms with Gasteiger partial charge in [0.05, 0.1) is 10.7 Å². The Morgan fingerprint density at radius 2 is 2.25 bits per heavy atom. The molecule has 0 fully saturated rings. The number of aromatic nitrogens is 1. The molecule has 0 aliphatic heterocycles. The highest BCUT2D eigenvalue weighted by Crippen LogP contribution is 2.21. The highest BCUT2D eigenvalue weighted by atomic mass is 35.5. The van der Waals surface area contributed by atoms with Crippen LogP contribution in [-0.4, -0.2) is 17.4 Å². The number of pyridine rings is 1. The van der Waals surface area contributed by atoms with Crippen LogP contribution in [0.25, 0.3) is 0 Å². The van der Waals surface area contributed by atoms with Gasteiger partial charge in [-0.2, -0.15) is 0 Å². The minimum atomic E-state index is 0.617. The Morgan fingerprint density at radius 1 is 1.44 bits per heavy atom. The van der Waals surface area contributed by atoms with Gasteiger partial charge in [-0.3, -0.25) is 4.98 Å². The summed E-state index contributed by atoms with van der Waals surface area (Å²) in [5, 5.41) is 4.02. The van der Waals surface area contributed by atoms with Gasteiger partial charge in [-0.25, -0.2) is 0 Å². The smallest absolute Gasteiger partial charge is 0.0820 e. The molecule has 90 valence electrons. The Bertz CT molecular complexity index is 299. The van der Waals surface area contributed by atoms with Gasteiger partial charge in [0.25, 0.3) is 0 Å². The third-order valence-electron chi connectivity index (χ3n) is 2.57. The maximum Gasteiger partial charge on any atom is 0.0820 e. The molecule has 1 atom stereocenters. The van der Waals surface area contributed by atoms with Crippen molar-refractivity contribution in [3.63, 3.8) is 0 Å². The molecular weight excluding hydrogens is 243 g/mol. The topological polar surface area (TPSA) is 24.9 Å². The molecule has 1 unspecified atom stereocenters. The van der Waals surface area contributed by atoms with E-state index in [1.54, 1.807) is 12.4 Å². The largest absolute Gasteiger partial charge is 0.383 e. The Labute approximate surface area is 107 Å². The number of halogens is 2. The van der Waals surface area contributed by atoms with Crippen LogP contribution in [0.3, 0.4) is 0 Å². The van der Waals surface area contributed by atoms with Crippen LogP contribution in [0.4, 0.5) is 5.69 Å². The molecule has 0 saturated carbocycles. The van der Waals surface area contributed by atoms with E-state index in [2.05, 4.69) is 17.2 Å². The van der Waals surface area contributed by atoms with Crippen molar-refractivity contribution in [3.05, 3.63) is 23.5 Å². The van der Waals surface area contributed by atoms with Gasteiger partial charge in [-0.1, -0.05) is 24.9 Å². The second-order valence-corrected chi connectivity index (χ2v) is 4.65. The molecule has 0 aliphatic carbocycles. The van der Waals surface area contributed by atoms with Crippen molar-refractivity contribution in [1.29, 1.82) is 0 Å². The van der Waals surface area contributed by atoms with E-state index < -0.39 is 0 Å². The lowest BCUT2D eigenvalue weighted by Gasteiger charge is -2.16. The maximum atomic E-state index is 6.01. The van der Waals surface area contributed by atoms with E-state index in [1.165, 1.54) is 12.8 Å². The monoisotopic (exact) mass is 260 g/mol. The quantitative estimate of drug-likeness (QED) is 0.744. The number of hydrogen-bond donors (Lipinski definition) is 1. The van der Waals surface area contributed by atoms with Gasteiger partial charge >= 0.3 is 0 Å². The third-order valence-corrected chi connectivity index (χ3v) is 3.09. The summed E-state index contributed by atoms with van der Waals surface area (Å²) >= 11 is 11.8. The fraction of sp³-hybridized carbons (Fsp3) is 0.583. The van der Waals surface area contributed by atoms with Crippen molar-refractivity contribution in [1.82, 2.24) is 4.98 Å². The van der Waals surface area contributed by atoms with Crippen molar-refractivity contribution in [3.8, 4) is 0 Å². The average molecular weight is 261 g/mol. The zero-order valence-corrected chi connectivity index (χ0v) is 11.1. The molecule has 0 amide bonds. The first kappa shape index (κ1) is 13.6. The van der Waals surface area contributed by atoms with Crippen LogP contribution < -0.4 is 5.32 Å². The van der Waals surface area contributed by atoms with Crippen LogP contribution in [0.15, 0.2) is 18.5 Å². The molecule has 1 aromatic heterocycles. The van der Waals surface area contributed by atoms with Gasteiger partial charge in [0, 0.05) is 24.8 Å². The number of hydrogen-bond acceptors (Lipinski definition) is 2. The summed E-state index contributed by atoms with van der Waals surface area (Å²) in [6.07, 6.45) is 6.83. The van der Waals surface area contributed by atoms with Crippen molar-refractivity contribution < 1.29 is 0 Å². The van der Waals surface area contributed by atoms with E-state index in [9.17, 15) is 0 Å². The fourth-order valence-electron chi connectivity index (χ4n) is 1.68. The van der Waals surface area contributed by atoms with Crippen LogP contribution in [0.1, 0.15) is 26.2 Å². The molecule has 0 radical (unpaired) electrons. The number of rotatable bonds is 7. The average Bonchev–Trinajstić information content (AvgIpc) is 2.28. The highest BCUT2D eigenvalue weighted by molar-refractivity contribution is 6.33. The minimum Gasteiger partial charge on any atom is -0.383 e. The highest BCUT2D eigenvalue weighted by Gasteiger charge is 2.07. The van der Waals surface area contributed by atoms with Crippen LogP contribution >= 0.6 is 23.2 Å². The van der Waals surface area contributed by atoms with Crippen LogP contribution in [-0.2, 0) is 0 Å². The number of nitrogens with one attached hydrogen (secondary N) is 1. The normalized spacial score (nSPS) is 12.4. The zero-order chi connectivity index (χ0) is 11.8. The molecule has 2 nitrogen and oxygen atoms in total. The SMILES string of the molecule is CCCC(CCCl)CNc1ccncc1Cl. The lowest BCUT2D eigenvalue weighted by molar-refractivity contribution is 0.490. The summed E-state index contributed by atoms with van der Waals surface area (Å²) in [5.74, 6) is 1.34. The molecule has 4 heteroatoms. The van der Waals surface area contributed by atoms with Crippen molar-refractivity contribution in [2.45, 2.75) is 26.2 Å². The Balaban J connectivity index is 2.45. The molecule has 1 heterocycles. The Hall–Kier alpha value is -0.470. The first-order valence-electron chi connectivity index (χ1n) is 5.67. The molecule has 16 heavy (non-hydrogen) atoms. The van der Waals surface area contributed by atoms with Gasteiger partial charge in [0.15, 0.2) is 0 Å². The summed E-state index contributed by atoms with van der Waals surface area (Å²) < 4.78 is 0. The van der Waals surface area contributed by atoms with Gasteiger partial charge in [0.1, 0.15) is 0 Å². The van der Waals surface area contributed by atoms with E-state index in [1.807, 2.05) is 6.07 Å². The van der Waals surface area contributed by atoms with E-state index in [0.29, 0.717) is 10.9 Å². The van der Waals surface area contributed by atoms with Crippen molar-refractivity contribution >= 4 is 28.9 Å². The van der Waals surface area contributed by atoms with E-state index in [0.717, 1.165) is 24.5 Å². The summed E-state index contributed by atoms with van der Waals surface area (Å²) in [6, 6.07) is 1.89. The molecule has 0 aromatic carbocycles. The molecule has 1 aromatic rings. The van der Waals surface area contributed by atoms with Crippen LogP contribution in [0.5, 0.6) is 0 Å². The molecule has 1 rings (SSSR count). The second-order valence-electron chi connectivity index (χ2n) is 3.87. The Kier molecular flexibility index (Phi) is 6.58. The van der Waals surface area contributed by atoms with E-state index >= 15 is 0 Å². The predicted molar refractivity (Wildman–Crippen MR) is 71.5 cm³/mol. The van der Waals surface area contributed by atoms with Crippen molar-refractivity contribution in [2.24, 2.45) is 5.92 Å². The number of alkyl halides is 1. The standard InChI is InChI=1S/C12H18Cl2N2/c1-2-3-10(4-6-13)8-16-12-5-7-15-9-11(12)14/h5,7,9-10H,2-4,6,8H2,1H3,(H,15,16). The molecular formula is C12H18Cl2N2. The number of anilines is 1. The first-order valence-corrected chi connectivity index (χ1v) is 6.58. The van der Waals surface area contributed by atoms with E-state index in [-0.39, 0.29) is 0 Å². The minimum absolute atomic E-state index is 0.617. The summed E-state index contributed by atoms with van der Waals surface area (Å²) in [4.78, 5) is 3.95. The van der Waals surface area contributed by atoms with Gasteiger partial charge in [-0.15, -0.1) is 11.6 Å². The predicted octanol–water partition coefficient (Wildman–Crippen LogP) is 4.19. The van der Waals surface area contributed by atoms with Gasteiger partial charge in [-0.05, 0) is 24.8 Å². The summed E-state index contributed by atoms with van der Waals surface area (Å²) in [6.45, 7) is 3.12. The lowest BCUT2D eigenvalue weighted by Crippen LogP contribution is -2.15.